The van der Waals surface area contributed by atoms with Gasteiger partial charge in [0.15, 0.2) is 0 Å². The number of halogens is 1. The van der Waals surface area contributed by atoms with Crippen LogP contribution in [0.15, 0.2) is 18.3 Å². The number of pyridine rings is 1. The fraction of sp³-hybridized carbons (Fsp3) is 0.500. The largest absolute Gasteiger partial charge is 0.374 e. The molecule has 1 aromatic rings. The van der Waals surface area contributed by atoms with E-state index in [1.165, 1.54) is 12.8 Å². The maximum Gasteiger partial charge on any atom is 0.131 e. The lowest BCUT2D eigenvalue weighted by Crippen LogP contribution is -2.19. The fourth-order valence-corrected chi connectivity index (χ4v) is 1.59. The van der Waals surface area contributed by atoms with Gasteiger partial charge in [0.1, 0.15) is 5.15 Å². The van der Waals surface area contributed by atoms with Gasteiger partial charge in [-0.15, -0.1) is 0 Å². The normalized spacial score (nSPS) is 15.8. The molecule has 13 heavy (non-hydrogen) atoms. The number of rotatable bonds is 3. The van der Waals surface area contributed by atoms with Crippen LogP contribution in [0.25, 0.3) is 0 Å². The molecule has 1 fully saturated rings. The van der Waals surface area contributed by atoms with Gasteiger partial charge in [0.05, 0.1) is 0 Å². The van der Waals surface area contributed by atoms with E-state index in [0.29, 0.717) is 5.15 Å². The predicted octanol–water partition coefficient (Wildman–Crippen LogP) is 2.58. The zero-order valence-electron chi connectivity index (χ0n) is 7.70. The van der Waals surface area contributed by atoms with Crippen LogP contribution in [0.3, 0.4) is 0 Å². The van der Waals surface area contributed by atoms with E-state index in [-0.39, 0.29) is 0 Å². The third-order valence-electron chi connectivity index (χ3n) is 2.38. The zero-order valence-corrected chi connectivity index (χ0v) is 8.46. The number of anilines is 1. The summed E-state index contributed by atoms with van der Waals surface area (Å²) in [4.78, 5) is 6.20. The second kappa shape index (κ2) is 3.54. The third kappa shape index (κ3) is 2.34. The summed E-state index contributed by atoms with van der Waals surface area (Å²) in [6.07, 6.45) is 4.51. The summed E-state index contributed by atoms with van der Waals surface area (Å²) in [6.45, 7) is 1.14. The molecule has 0 bridgehead atoms. The molecule has 0 atom stereocenters. The third-order valence-corrected chi connectivity index (χ3v) is 2.59. The molecule has 2 nitrogen and oxygen atoms in total. The minimum atomic E-state index is 0.570. The molecule has 1 aliphatic rings. The van der Waals surface area contributed by atoms with E-state index in [9.17, 15) is 0 Å². The van der Waals surface area contributed by atoms with E-state index in [1.807, 2.05) is 12.1 Å². The molecule has 0 amide bonds. The van der Waals surface area contributed by atoms with E-state index in [2.05, 4.69) is 16.9 Å². The van der Waals surface area contributed by atoms with Gasteiger partial charge in [-0.3, -0.25) is 0 Å². The Morgan fingerprint density at radius 3 is 3.00 bits per heavy atom. The Morgan fingerprint density at radius 1 is 1.62 bits per heavy atom. The Hall–Kier alpha value is -0.760. The smallest absolute Gasteiger partial charge is 0.131 e. The second-order valence-corrected chi connectivity index (χ2v) is 4.05. The van der Waals surface area contributed by atoms with Crippen LogP contribution in [0.4, 0.5) is 5.69 Å². The van der Waals surface area contributed by atoms with E-state index in [0.717, 1.165) is 18.2 Å². The highest BCUT2D eigenvalue weighted by molar-refractivity contribution is 6.29. The molecule has 2 rings (SSSR count). The van der Waals surface area contributed by atoms with Gasteiger partial charge in [0.2, 0.25) is 0 Å². The standard InChI is InChI=1S/C10H13ClN2/c1-13(7-8-2-3-8)9-4-5-12-10(11)6-9/h4-6,8H,2-3,7H2,1H3. The maximum atomic E-state index is 5.80. The molecule has 1 heterocycles. The highest BCUT2D eigenvalue weighted by Crippen LogP contribution is 2.30. The minimum Gasteiger partial charge on any atom is -0.374 e. The van der Waals surface area contributed by atoms with Crippen molar-refractivity contribution < 1.29 is 0 Å². The van der Waals surface area contributed by atoms with Crippen molar-refractivity contribution >= 4 is 17.3 Å². The first-order chi connectivity index (χ1) is 6.25. The summed E-state index contributed by atoms with van der Waals surface area (Å²) in [5.74, 6) is 0.900. The van der Waals surface area contributed by atoms with Crippen LogP contribution in [-0.4, -0.2) is 18.6 Å². The molecule has 1 saturated carbocycles. The molecular weight excluding hydrogens is 184 g/mol. The van der Waals surface area contributed by atoms with Gasteiger partial charge in [-0.2, -0.15) is 0 Å². The quantitative estimate of drug-likeness (QED) is 0.691. The molecule has 1 aromatic heterocycles. The lowest BCUT2D eigenvalue weighted by Gasteiger charge is -2.18. The summed E-state index contributed by atoms with van der Waals surface area (Å²) < 4.78 is 0. The Balaban J connectivity index is 2.04. The van der Waals surface area contributed by atoms with Gasteiger partial charge in [0.25, 0.3) is 0 Å². The van der Waals surface area contributed by atoms with Gasteiger partial charge in [0, 0.05) is 25.5 Å². The van der Waals surface area contributed by atoms with E-state index >= 15 is 0 Å². The van der Waals surface area contributed by atoms with Gasteiger partial charge in [-0.05, 0) is 30.9 Å². The lowest BCUT2D eigenvalue weighted by atomic mass is 10.3. The minimum absolute atomic E-state index is 0.570. The second-order valence-electron chi connectivity index (χ2n) is 3.66. The van der Waals surface area contributed by atoms with Crippen LogP contribution in [0.1, 0.15) is 12.8 Å². The van der Waals surface area contributed by atoms with Crippen LogP contribution >= 0.6 is 11.6 Å². The topological polar surface area (TPSA) is 16.1 Å². The van der Waals surface area contributed by atoms with Gasteiger partial charge >= 0.3 is 0 Å². The summed E-state index contributed by atoms with van der Waals surface area (Å²) in [6, 6.07) is 3.90. The summed E-state index contributed by atoms with van der Waals surface area (Å²) >= 11 is 5.80. The van der Waals surface area contributed by atoms with Crippen LogP contribution < -0.4 is 4.90 Å². The first-order valence-electron chi connectivity index (χ1n) is 4.58. The number of hydrogen-bond donors (Lipinski definition) is 0. The van der Waals surface area contributed by atoms with E-state index in [1.54, 1.807) is 6.20 Å². The van der Waals surface area contributed by atoms with Crippen molar-refractivity contribution in [2.24, 2.45) is 5.92 Å². The van der Waals surface area contributed by atoms with Crippen LogP contribution in [0.2, 0.25) is 5.15 Å². The van der Waals surface area contributed by atoms with E-state index in [4.69, 9.17) is 11.6 Å². The van der Waals surface area contributed by atoms with Gasteiger partial charge in [-0.25, -0.2) is 4.98 Å². The summed E-state index contributed by atoms with van der Waals surface area (Å²) in [5.41, 5.74) is 1.16. The van der Waals surface area contributed by atoms with Crippen molar-refractivity contribution in [1.29, 1.82) is 0 Å². The van der Waals surface area contributed by atoms with Crippen molar-refractivity contribution in [1.82, 2.24) is 4.98 Å². The molecule has 3 heteroatoms. The number of nitrogens with zero attached hydrogens (tertiary/aromatic N) is 2. The highest BCUT2D eigenvalue weighted by Gasteiger charge is 2.22. The average Bonchev–Trinajstić information content (AvgIpc) is 2.88. The Bertz CT molecular complexity index is 297. The van der Waals surface area contributed by atoms with Crippen LogP contribution in [0, 0.1) is 5.92 Å². The monoisotopic (exact) mass is 196 g/mol. The molecule has 0 aromatic carbocycles. The van der Waals surface area contributed by atoms with Crippen molar-refractivity contribution in [2.45, 2.75) is 12.8 Å². The maximum absolute atomic E-state index is 5.80. The Kier molecular flexibility index (Phi) is 2.40. The highest BCUT2D eigenvalue weighted by atomic mass is 35.5. The first kappa shape index (κ1) is 8.82. The molecule has 0 aliphatic heterocycles. The van der Waals surface area contributed by atoms with Gasteiger partial charge in [-0.1, -0.05) is 11.6 Å². The number of aromatic nitrogens is 1. The SMILES string of the molecule is CN(CC1CC1)c1ccnc(Cl)c1. The first-order valence-corrected chi connectivity index (χ1v) is 4.96. The zero-order chi connectivity index (χ0) is 9.26. The Labute approximate surface area is 83.5 Å². The van der Waals surface area contributed by atoms with Crippen LogP contribution in [-0.2, 0) is 0 Å². The average molecular weight is 197 g/mol. The summed E-state index contributed by atoms with van der Waals surface area (Å²) in [5, 5.41) is 0.570. The molecule has 1 aliphatic carbocycles. The van der Waals surface area contributed by atoms with Crippen molar-refractivity contribution in [2.75, 3.05) is 18.5 Å². The van der Waals surface area contributed by atoms with E-state index < -0.39 is 0 Å². The van der Waals surface area contributed by atoms with Crippen molar-refractivity contribution in [3.05, 3.63) is 23.5 Å². The lowest BCUT2D eigenvalue weighted by molar-refractivity contribution is 0.787. The molecule has 0 N–H and O–H groups in total. The predicted molar refractivity (Wildman–Crippen MR) is 55.2 cm³/mol. The number of hydrogen-bond acceptors (Lipinski definition) is 2. The fourth-order valence-electron chi connectivity index (χ4n) is 1.42. The van der Waals surface area contributed by atoms with Crippen molar-refractivity contribution in [3.63, 3.8) is 0 Å². The van der Waals surface area contributed by atoms with Crippen molar-refractivity contribution in [3.8, 4) is 0 Å². The van der Waals surface area contributed by atoms with Crippen LogP contribution in [0.5, 0.6) is 0 Å². The molecule has 0 saturated heterocycles. The van der Waals surface area contributed by atoms with Gasteiger partial charge < -0.3 is 4.90 Å². The summed E-state index contributed by atoms with van der Waals surface area (Å²) in [7, 11) is 2.10. The molecule has 0 spiro atoms. The Morgan fingerprint density at radius 2 is 2.38 bits per heavy atom. The molecule has 70 valence electrons. The molecular formula is C10H13ClN2. The molecule has 0 radical (unpaired) electrons. The molecule has 0 unspecified atom stereocenters.